The SMILES string of the molecule is CC(C)CC(C(=O)OCC(C)(C)C)C(=O)OCC(C)(C)C. The van der Waals surface area contributed by atoms with E-state index >= 15 is 0 Å². The van der Waals surface area contributed by atoms with Gasteiger partial charge in [-0.05, 0) is 23.2 Å². The Morgan fingerprint density at radius 2 is 1.14 bits per heavy atom. The number of carbonyl (C=O) groups excluding carboxylic acids is 2. The second-order valence-electron chi connectivity index (χ2n) is 8.52. The van der Waals surface area contributed by atoms with Crippen LogP contribution in [0.4, 0.5) is 0 Å². The van der Waals surface area contributed by atoms with E-state index in [1.54, 1.807) is 0 Å². The van der Waals surface area contributed by atoms with Crippen molar-refractivity contribution in [3.8, 4) is 0 Å². The summed E-state index contributed by atoms with van der Waals surface area (Å²) >= 11 is 0. The lowest BCUT2D eigenvalue weighted by atomic mass is 9.95. The van der Waals surface area contributed by atoms with E-state index < -0.39 is 17.9 Å². The summed E-state index contributed by atoms with van der Waals surface area (Å²) in [6.45, 7) is 16.4. The van der Waals surface area contributed by atoms with Crippen molar-refractivity contribution >= 4 is 11.9 Å². The van der Waals surface area contributed by atoms with Gasteiger partial charge in [0.05, 0.1) is 13.2 Å². The standard InChI is InChI=1S/C17H32O4/c1-12(2)9-13(14(18)20-10-16(3,4)5)15(19)21-11-17(6,7)8/h12-13H,9-11H2,1-8H3. The first-order valence-electron chi connectivity index (χ1n) is 7.65. The van der Waals surface area contributed by atoms with Crippen molar-refractivity contribution in [3.05, 3.63) is 0 Å². The van der Waals surface area contributed by atoms with Crippen molar-refractivity contribution in [2.24, 2.45) is 22.7 Å². The van der Waals surface area contributed by atoms with Gasteiger partial charge >= 0.3 is 11.9 Å². The fourth-order valence-electron chi connectivity index (χ4n) is 1.54. The minimum absolute atomic E-state index is 0.118. The maximum absolute atomic E-state index is 12.2. The Morgan fingerprint density at radius 1 is 0.810 bits per heavy atom. The minimum atomic E-state index is -0.824. The quantitative estimate of drug-likeness (QED) is 0.552. The molecule has 0 aromatic carbocycles. The maximum Gasteiger partial charge on any atom is 0.320 e. The molecule has 0 fully saturated rings. The Balaban J connectivity index is 4.70. The number of rotatable bonds is 6. The predicted octanol–water partition coefficient (Wildman–Crippen LogP) is 3.83. The molecular weight excluding hydrogens is 268 g/mol. The zero-order chi connectivity index (χ0) is 16.8. The molecule has 0 amide bonds. The first-order valence-corrected chi connectivity index (χ1v) is 7.65. The van der Waals surface area contributed by atoms with E-state index in [-0.39, 0.29) is 16.7 Å². The van der Waals surface area contributed by atoms with Gasteiger partial charge in [0.25, 0.3) is 0 Å². The fraction of sp³-hybridized carbons (Fsp3) is 0.882. The summed E-state index contributed by atoms with van der Waals surface area (Å²) in [7, 11) is 0. The summed E-state index contributed by atoms with van der Waals surface area (Å²) in [4.78, 5) is 24.3. The molecule has 21 heavy (non-hydrogen) atoms. The number of hydrogen-bond donors (Lipinski definition) is 0. The van der Waals surface area contributed by atoms with Gasteiger partial charge in [0.15, 0.2) is 5.92 Å². The van der Waals surface area contributed by atoms with Gasteiger partial charge in [-0.25, -0.2) is 0 Å². The number of carbonyl (C=O) groups is 2. The highest BCUT2D eigenvalue weighted by atomic mass is 16.6. The zero-order valence-electron chi connectivity index (χ0n) is 14.9. The van der Waals surface area contributed by atoms with Crippen LogP contribution in [0.5, 0.6) is 0 Å². The summed E-state index contributed by atoms with van der Waals surface area (Å²) in [6, 6.07) is 0. The van der Waals surface area contributed by atoms with E-state index in [1.807, 2.05) is 55.4 Å². The Hall–Kier alpha value is -1.06. The fourth-order valence-corrected chi connectivity index (χ4v) is 1.54. The second kappa shape index (κ2) is 7.81. The summed E-state index contributed by atoms with van der Waals surface area (Å²) in [6.07, 6.45) is 0.450. The lowest BCUT2D eigenvalue weighted by molar-refractivity contribution is -0.166. The molecule has 0 saturated heterocycles. The van der Waals surface area contributed by atoms with Crippen molar-refractivity contribution in [2.75, 3.05) is 13.2 Å². The van der Waals surface area contributed by atoms with Crippen molar-refractivity contribution in [2.45, 2.75) is 61.8 Å². The summed E-state index contributed by atoms with van der Waals surface area (Å²) in [5.41, 5.74) is -0.235. The molecule has 124 valence electrons. The molecule has 4 heteroatoms. The zero-order valence-corrected chi connectivity index (χ0v) is 14.9. The third-order valence-corrected chi connectivity index (χ3v) is 2.57. The van der Waals surface area contributed by atoms with E-state index in [2.05, 4.69) is 0 Å². The van der Waals surface area contributed by atoms with Crippen molar-refractivity contribution in [1.29, 1.82) is 0 Å². The average molecular weight is 300 g/mol. The molecule has 0 saturated carbocycles. The van der Waals surface area contributed by atoms with Gasteiger partial charge in [0.2, 0.25) is 0 Å². The molecule has 0 radical (unpaired) electrons. The van der Waals surface area contributed by atoms with Gasteiger partial charge < -0.3 is 9.47 Å². The Labute approximate surface area is 129 Å². The summed E-state index contributed by atoms with van der Waals surface area (Å²) < 4.78 is 10.6. The molecular formula is C17H32O4. The summed E-state index contributed by atoms with van der Waals surface area (Å²) in [5, 5.41) is 0. The van der Waals surface area contributed by atoms with Crippen LogP contribution in [0.15, 0.2) is 0 Å². The van der Waals surface area contributed by atoms with Gasteiger partial charge in [-0.1, -0.05) is 55.4 Å². The molecule has 0 aromatic rings. The Morgan fingerprint density at radius 3 is 1.38 bits per heavy atom. The average Bonchev–Trinajstić information content (AvgIpc) is 2.28. The van der Waals surface area contributed by atoms with Crippen LogP contribution in [-0.2, 0) is 19.1 Å². The normalized spacial score (nSPS) is 12.7. The Kier molecular flexibility index (Phi) is 7.41. The molecule has 0 aliphatic rings. The van der Waals surface area contributed by atoms with Crippen LogP contribution in [0.1, 0.15) is 61.8 Å². The van der Waals surface area contributed by atoms with Gasteiger partial charge in [-0.15, -0.1) is 0 Å². The molecule has 0 unspecified atom stereocenters. The largest absolute Gasteiger partial charge is 0.464 e. The monoisotopic (exact) mass is 300 g/mol. The first kappa shape index (κ1) is 19.9. The minimum Gasteiger partial charge on any atom is -0.464 e. The number of hydrogen-bond acceptors (Lipinski definition) is 4. The van der Waals surface area contributed by atoms with Gasteiger partial charge in [0, 0.05) is 0 Å². The van der Waals surface area contributed by atoms with E-state index in [1.165, 1.54) is 0 Å². The molecule has 0 aliphatic heterocycles. The van der Waals surface area contributed by atoms with E-state index in [9.17, 15) is 9.59 Å². The van der Waals surface area contributed by atoms with Crippen LogP contribution in [0.3, 0.4) is 0 Å². The highest BCUT2D eigenvalue weighted by Crippen LogP contribution is 2.20. The van der Waals surface area contributed by atoms with E-state index in [0.29, 0.717) is 19.6 Å². The van der Waals surface area contributed by atoms with Gasteiger partial charge in [-0.3, -0.25) is 9.59 Å². The topological polar surface area (TPSA) is 52.6 Å². The van der Waals surface area contributed by atoms with Gasteiger partial charge in [-0.2, -0.15) is 0 Å². The highest BCUT2D eigenvalue weighted by Gasteiger charge is 2.32. The smallest absolute Gasteiger partial charge is 0.320 e. The Bertz CT molecular complexity index is 315. The van der Waals surface area contributed by atoms with Crippen LogP contribution in [-0.4, -0.2) is 25.2 Å². The first-order chi connectivity index (χ1) is 9.32. The van der Waals surface area contributed by atoms with Crippen molar-refractivity contribution in [3.63, 3.8) is 0 Å². The van der Waals surface area contributed by atoms with Gasteiger partial charge in [0.1, 0.15) is 0 Å². The third-order valence-electron chi connectivity index (χ3n) is 2.57. The van der Waals surface area contributed by atoms with Crippen molar-refractivity contribution < 1.29 is 19.1 Å². The molecule has 4 nitrogen and oxygen atoms in total. The number of ether oxygens (including phenoxy) is 2. The molecule has 0 atom stereocenters. The molecule has 0 aliphatic carbocycles. The van der Waals surface area contributed by atoms with Crippen LogP contribution < -0.4 is 0 Å². The molecule has 0 aromatic heterocycles. The molecule has 0 spiro atoms. The highest BCUT2D eigenvalue weighted by molar-refractivity contribution is 5.94. The number of esters is 2. The predicted molar refractivity (Wildman–Crippen MR) is 83.8 cm³/mol. The second-order valence-corrected chi connectivity index (χ2v) is 8.52. The lowest BCUT2D eigenvalue weighted by Gasteiger charge is -2.23. The lowest BCUT2D eigenvalue weighted by Crippen LogP contribution is -2.33. The van der Waals surface area contributed by atoms with Crippen LogP contribution in [0.25, 0.3) is 0 Å². The van der Waals surface area contributed by atoms with E-state index in [4.69, 9.17) is 9.47 Å². The van der Waals surface area contributed by atoms with E-state index in [0.717, 1.165) is 0 Å². The molecule has 0 bridgehead atoms. The molecule has 0 N–H and O–H groups in total. The molecule has 0 heterocycles. The molecule has 0 rings (SSSR count). The van der Waals surface area contributed by atoms with Crippen LogP contribution in [0.2, 0.25) is 0 Å². The summed E-state index contributed by atoms with van der Waals surface area (Å²) in [5.74, 6) is -1.55. The van der Waals surface area contributed by atoms with Crippen LogP contribution >= 0.6 is 0 Å². The third kappa shape index (κ3) is 10.3. The maximum atomic E-state index is 12.2. The van der Waals surface area contributed by atoms with Crippen LogP contribution in [0, 0.1) is 22.7 Å². The van der Waals surface area contributed by atoms with Crippen molar-refractivity contribution in [1.82, 2.24) is 0 Å².